The molecule has 113 valence electrons. The van der Waals surface area contributed by atoms with Crippen LogP contribution in [0.2, 0.25) is 11.1 Å². The first-order valence-corrected chi connectivity index (χ1v) is 10.3. The summed E-state index contributed by atoms with van der Waals surface area (Å²) in [7, 11) is -0.432. The highest BCUT2D eigenvalue weighted by atomic mass is 28.3. The maximum Gasteiger partial charge on any atom is 0.0668 e. The highest BCUT2D eigenvalue weighted by Crippen LogP contribution is 2.44. The van der Waals surface area contributed by atoms with E-state index in [0.29, 0.717) is 5.54 Å². The average Bonchev–Trinajstić information content (AvgIpc) is 3.06. The molecule has 1 heterocycles. The largest absolute Gasteiger partial charge is 0.371 e. The second-order valence-corrected chi connectivity index (χ2v) is 11.1. The summed E-state index contributed by atoms with van der Waals surface area (Å²) in [4.78, 5) is 2.62. The minimum absolute atomic E-state index is 0.432. The molecule has 2 heteroatoms. The molecule has 1 atom stereocenters. The Balaban J connectivity index is 2.01. The van der Waals surface area contributed by atoms with E-state index < -0.39 is 8.80 Å². The molecule has 1 saturated heterocycles. The maximum atomic E-state index is 2.63. The van der Waals surface area contributed by atoms with E-state index in [-0.39, 0.29) is 0 Å². The zero-order valence-corrected chi connectivity index (χ0v) is 14.9. The van der Waals surface area contributed by atoms with Crippen molar-refractivity contribution < 1.29 is 0 Å². The van der Waals surface area contributed by atoms with E-state index in [4.69, 9.17) is 0 Å². The van der Waals surface area contributed by atoms with Gasteiger partial charge in [-0.2, -0.15) is 0 Å². The van der Waals surface area contributed by atoms with Crippen LogP contribution < -0.4 is 0 Å². The number of rotatable bonds is 4. The highest BCUT2D eigenvalue weighted by molar-refractivity contribution is 6.64. The topological polar surface area (TPSA) is 3.24 Å². The van der Waals surface area contributed by atoms with Gasteiger partial charge in [0.15, 0.2) is 0 Å². The van der Waals surface area contributed by atoms with Gasteiger partial charge in [-0.15, -0.1) is 0 Å². The van der Waals surface area contributed by atoms with Crippen molar-refractivity contribution in [2.24, 2.45) is 0 Å². The number of fused-ring (bicyclic) bond motifs is 1. The lowest BCUT2D eigenvalue weighted by atomic mass is 10.1. The van der Waals surface area contributed by atoms with Crippen LogP contribution in [-0.4, -0.2) is 26.8 Å². The Morgan fingerprint density at radius 2 is 1.62 bits per heavy atom. The molecule has 1 aliphatic carbocycles. The highest BCUT2D eigenvalue weighted by Gasteiger charge is 2.36. The standard InChI is InChI=1S/C19H28NSi/c1-14(2)21(15(3)4)19-13-18(20-11-7-8-12-20)16-9-5-6-10-17(16)19/h5-6,9-10,13-15,19H,7-8,11-12H2,1-4H3. The third-order valence-electron chi connectivity index (χ3n) is 5.04. The molecule has 21 heavy (non-hydrogen) atoms. The number of nitrogens with zero attached hydrogens (tertiary/aromatic N) is 1. The Labute approximate surface area is 131 Å². The van der Waals surface area contributed by atoms with Gasteiger partial charge in [0.05, 0.1) is 8.80 Å². The number of hydrogen-bond donors (Lipinski definition) is 0. The Morgan fingerprint density at radius 1 is 1.00 bits per heavy atom. The molecule has 0 aromatic heterocycles. The van der Waals surface area contributed by atoms with E-state index in [0.717, 1.165) is 11.1 Å². The fraction of sp³-hybridized carbons (Fsp3) is 0.579. The maximum absolute atomic E-state index is 2.63. The molecule has 2 aliphatic rings. The predicted molar refractivity (Wildman–Crippen MR) is 93.9 cm³/mol. The molecule has 1 aromatic carbocycles. The van der Waals surface area contributed by atoms with Gasteiger partial charge < -0.3 is 4.90 Å². The minimum Gasteiger partial charge on any atom is -0.371 e. The van der Waals surface area contributed by atoms with Crippen molar-refractivity contribution in [3.05, 3.63) is 41.5 Å². The van der Waals surface area contributed by atoms with Crippen LogP contribution in [-0.2, 0) is 0 Å². The zero-order valence-electron chi connectivity index (χ0n) is 13.9. The van der Waals surface area contributed by atoms with Gasteiger partial charge >= 0.3 is 0 Å². The summed E-state index contributed by atoms with van der Waals surface area (Å²) in [6.07, 6.45) is 5.34. The summed E-state index contributed by atoms with van der Waals surface area (Å²) in [5, 5.41) is 0. The van der Waals surface area contributed by atoms with Gasteiger partial charge in [-0.25, -0.2) is 0 Å². The first-order chi connectivity index (χ1) is 10.1. The molecule has 1 nitrogen and oxygen atoms in total. The third-order valence-corrected chi connectivity index (χ3v) is 8.90. The Morgan fingerprint density at radius 3 is 2.24 bits per heavy atom. The van der Waals surface area contributed by atoms with E-state index >= 15 is 0 Å². The normalized spacial score (nSPS) is 21.6. The molecule has 0 N–H and O–H groups in total. The van der Waals surface area contributed by atoms with Crippen LogP contribution in [0.5, 0.6) is 0 Å². The smallest absolute Gasteiger partial charge is 0.0668 e. The lowest BCUT2D eigenvalue weighted by Gasteiger charge is -2.28. The second kappa shape index (κ2) is 6.00. The van der Waals surface area contributed by atoms with Crippen LogP contribution in [0.4, 0.5) is 0 Å². The van der Waals surface area contributed by atoms with E-state index in [1.165, 1.54) is 37.2 Å². The van der Waals surface area contributed by atoms with Crippen molar-refractivity contribution in [3.63, 3.8) is 0 Å². The number of likely N-dealkylation sites (tertiary alicyclic amines) is 1. The Hall–Kier alpha value is -1.02. The summed E-state index contributed by atoms with van der Waals surface area (Å²) >= 11 is 0. The summed E-state index contributed by atoms with van der Waals surface area (Å²) in [5.74, 6) is 0. The van der Waals surface area contributed by atoms with Crippen LogP contribution in [0, 0.1) is 0 Å². The molecule has 1 unspecified atom stereocenters. The average molecular weight is 299 g/mol. The van der Waals surface area contributed by atoms with E-state index in [1.54, 1.807) is 5.56 Å². The van der Waals surface area contributed by atoms with Crippen molar-refractivity contribution >= 4 is 14.5 Å². The van der Waals surface area contributed by atoms with Crippen LogP contribution in [0.25, 0.3) is 5.70 Å². The first-order valence-electron chi connectivity index (χ1n) is 8.52. The number of allylic oxidation sites excluding steroid dienone is 1. The molecule has 0 saturated carbocycles. The quantitative estimate of drug-likeness (QED) is 0.701. The first kappa shape index (κ1) is 14.9. The van der Waals surface area contributed by atoms with Crippen LogP contribution in [0.15, 0.2) is 30.3 Å². The van der Waals surface area contributed by atoms with Gasteiger partial charge in [-0.1, -0.05) is 69.1 Å². The van der Waals surface area contributed by atoms with Gasteiger partial charge in [0.1, 0.15) is 0 Å². The Kier molecular flexibility index (Phi) is 4.25. The molecule has 1 aliphatic heterocycles. The SMILES string of the molecule is CC(C)[Si](C(C)C)C1C=C(N2CCCC2)c2ccccc21. The summed E-state index contributed by atoms with van der Waals surface area (Å²) in [5.41, 5.74) is 7.01. The van der Waals surface area contributed by atoms with Crippen molar-refractivity contribution in [3.8, 4) is 0 Å². The van der Waals surface area contributed by atoms with Crippen molar-refractivity contribution in [2.45, 2.75) is 57.2 Å². The van der Waals surface area contributed by atoms with Crippen LogP contribution in [0.3, 0.4) is 0 Å². The van der Waals surface area contributed by atoms with Crippen LogP contribution in [0.1, 0.15) is 57.2 Å². The van der Waals surface area contributed by atoms with Crippen molar-refractivity contribution in [1.82, 2.24) is 4.90 Å². The molecule has 1 radical (unpaired) electrons. The summed E-state index contributed by atoms with van der Waals surface area (Å²) < 4.78 is 0. The monoisotopic (exact) mass is 298 g/mol. The van der Waals surface area contributed by atoms with Gasteiger partial charge in [0.2, 0.25) is 0 Å². The van der Waals surface area contributed by atoms with Gasteiger partial charge in [-0.3, -0.25) is 0 Å². The Bertz CT molecular complexity index is 518. The van der Waals surface area contributed by atoms with Gasteiger partial charge in [0.25, 0.3) is 0 Å². The predicted octanol–water partition coefficient (Wildman–Crippen LogP) is 5.07. The van der Waals surface area contributed by atoms with Gasteiger partial charge in [-0.05, 0) is 23.9 Å². The molecule has 1 aromatic rings. The summed E-state index contributed by atoms with van der Waals surface area (Å²) in [6, 6.07) is 9.17. The molecular formula is C19H28NSi. The lowest BCUT2D eigenvalue weighted by molar-refractivity contribution is 0.494. The fourth-order valence-electron chi connectivity index (χ4n) is 4.23. The van der Waals surface area contributed by atoms with Crippen LogP contribution >= 0.6 is 0 Å². The zero-order chi connectivity index (χ0) is 15.0. The second-order valence-electron chi connectivity index (χ2n) is 7.12. The fourth-order valence-corrected chi connectivity index (χ4v) is 7.96. The summed E-state index contributed by atoms with van der Waals surface area (Å²) in [6.45, 7) is 12.2. The van der Waals surface area contributed by atoms with E-state index in [9.17, 15) is 0 Å². The third kappa shape index (κ3) is 2.70. The molecule has 0 amide bonds. The van der Waals surface area contributed by atoms with E-state index in [2.05, 4.69) is 62.9 Å². The molecule has 0 spiro atoms. The minimum atomic E-state index is -0.432. The van der Waals surface area contributed by atoms with Gasteiger partial charge in [0, 0.05) is 24.4 Å². The van der Waals surface area contributed by atoms with Crippen molar-refractivity contribution in [2.75, 3.05) is 13.1 Å². The molecule has 3 rings (SSSR count). The van der Waals surface area contributed by atoms with Crippen molar-refractivity contribution in [1.29, 1.82) is 0 Å². The lowest BCUT2D eigenvalue weighted by Crippen LogP contribution is -2.28. The molecule has 0 bridgehead atoms. The van der Waals surface area contributed by atoms with E-state index in [1.807, 2.05) is 0 Å². The molecule has 1 fully saturated rings. The molecular weight excluding hydrogens is 270 g/mol. The number of hydrogen-bond acceptors (Lipinski definition) is 1. The number of benzene rings is 1.